The molecule has 0 aromatic carbocycles. The van der Waals surface area contributed by atoms with E-state index in [1.54, 1.807) is 36.9 Å². The summed E-state index contributed by atoms with van der Waals surface area (Å²) < 4.78 is 5.47. The molecule has 1 N–H and O–H groups in total. The fourth-order valence-corrected chi connectivity index (χ4v) is 1.48. The van der Waals surface area contributed by atoms with E-state index in [-0.39, 0.29) is 0 Å². The predicted molar refractivity (Wildman–Crippen MR) is 66.1 cm³/mol. The van der Waals surface area contributed by atoms with Crippen molar-refractivity contribution in [3.05, 3.63) is 48.3 Å². The molecule has 0 aliphatic rings. The van der Waals surface area contributed by atoms with Gasteiger partial charge in [-0.05, 0) is 18.6 Å². The summed E-state index contributed by atoms with van der Waals surface area (Å²) in [6, 6.07) is 3.46. The Morgan fingerprint density at radius 2 is 2.06 bits per heavy atom. The van der Waals surface area contributed by atoms with Gasteiger partial charge >= 0.3 is 0 Å². The highest BCUT2D eigenvalue weighted by Crippen LogP contribution is 2.21. The van der Waals surface area contributed by atoms with Crippen LogP contribution in [0.2, 0.25) is 0 Å². The van der Waals surface area contributed by atoms with Gasteiger partial charge in [0, 0.05) is 24.2 Å². The average molecular weight is 245 g/mol. The third-order valence-electron chi connectivity index (χ3n) is 2.35. The van der Waals surface area contributed by atoms with E-state index in [0.29, 0.717) is 23.7 Å². The lowest BCUT2D eigenvalue weighted by molar-refractivity contribution is 0.208. The van der Waals surface area contributed by atoms with E-state index < -0.39 is 6.10 Å². The number of aliphatic hydroxyl groups excluding tert-OH is 1. The van der Waals surface area contributed by atoms with Crippen molar-refractivity contribution in [3.8, 4) is 5.75 Å². The number of hydrogen-bond donors (Lipinski definition) is 1. The van der Waals surface area contributed by atoms with Gasteiger partial charge < -0.3 is 9.84 Å². The van der Waals surface area contributed by atoms with E-state index >= 15 is 0 Å². The highest BCUT2D eigenvalue weighted by Gasteiger charge is 2.14. The van der Waals surface area contributed by atoms with E-state index in [9.17, 15) is 5.11 Å². The van der Waals surface area contributed by atoms with Gasteiger partial charge in [0.15, 0.2) is 5.82 Å². The number of aromatic nitrogens is 3. The lowest BCUT2D eigenvalue weighted by atomic mass is 10.1. The van der Waals surface area contributed by atoms with E-state index in [4.69, 9.17) is 4.74 Å². The summed E-state index contributed by atoms with van der Waals surface area (Å²) in [6.45, 7) is 2.66. The Balaban J connectivity index is 2.17. The van der Waals surface area contributed by atoms with Crippen LogP contribution in [0.1, 0.15) is 30.8 Å². The summed E-state index contributed by atoms with van der Waals surface area (Å²) in [5.41, 5.74) is 0.620. The Morgan fingerprint density at radius 3 is 2.78 bits per heavy atom. The van der Waals surface area contributed by atoms with Crippen molar-refractivity contribution in [1.82, 2.24) is 15.0 Å². The first-order valence-corrected chi connectivity index (χ1v) is 5.84. The van der Waals surface area contributed by atoms with E-state index in [1.807, 2.05) is 6.92 Å². The van der Waals surface area contributed by atoms with Crippen LogP contribution in [0.4, 0.5) is 0 Å². The van der Waals surface area contributed by atoms with Crippen molar-refractivity contribution in [2.75, 3.05) is 6.61 Å². The Morgan fingerprint density at radius 1 is 1.28 bits per heavy atom. The van der Waals surface area contributed by atoms with Crippen molar-refractivity contribution in [2.45, 2.75) is 19.4 Å². The molecule has 2 rings (SSSR count). The molecule has 2 aromatic rings. The molecule has 18 heavy (non-hydrogen) atoms. The van der Waals surface area contributed by atoms with Gasteiger partial charge in [0.1, 0.15) is 11.9 Å². The monoisotopic (exact) mass is 245 g/mol. The van der Waals surface area contributed by atoms with Crippen LogP contribution in [0.25, 0.3) is 0 Å². The van der Waals surface area contributed by atoms with Crippen LogP contribution in [0.15, 0.2) is 36.9 Å². The van der Waals surface area contributed by atoms with Crippen LogP contribution in [-0.2, 0) is 0 Å². The van der Waals surface area contributed by atoms with Crippen molar-refractivity contribution in [1.29, 1.82) is 0 Å². The molecule has 0 saturated carbocycles. The normalized spacial score (nSPS) is 12.1. The largest absolute Gasteiger partial charge is 0.492 e. The lowest BCUT2D eigenvalue weighted by Gasteiger charge is -2.10. The molecule has 0 fully saturated rings. The molecule has 0 radical (unpaired) electrons. The molecule has 0 bridgehead atoms. The molecule has 1 atom stereocenters. The molecule has 0 saturated heterocycles. The molecule has 5 nitrogen and oxygen atoms in total. The lowest BCUT2D eigenvalue weighted by Crippen LogP contribution is -2.05. The van der Waals surface area contributed by atoms with Crippen LogP contribution < -0.4 is 4.74 Å². The molecular weight excluding hydrogens is 230 g/mol. The highest BCUT2D eigenvalue weighted by atomic mass is 16.5. The zero-order valence-electron chi connectivity index (χ0n) is 10.2. The first kappa shape index (κ1) is 12.4. The van der Waals surface area contributed by atoms with Gasteiger partial charge in [-0.25, -0.2) is 9.97 Å². The number of aliphatic hydroxyl groups is 1. The summed E-state index contributed by atoms with van der Waals surface area (Å²) in [5, 5.41) is 10.1. The van der Waals surface area contributed by atoms with Gasteiger partial charge in [0.25, 0.3) is 0 Å². The average Bonchev–Trinajstić information content (AvgIpc) is 2.45. The number of hydrogen-bond acceptors (Lipinski definition) is 5. The molecule has 0 spiro atoms. The second-order valence-electron chi connectivity index (χ2n) is 3.81. The summed E-state index contributed by atoms with van der Waals surface area (Å²) in [7, 11) is 0. The first-order valence-electron chi connectivity index (χ1n) is 5.84. The van der Waals surface area contributed by atoms with E-state index in [0.717, 1.165) is 6.42 Å². The molecule has 0 aliphatic heterocycles. The van der Waals surface area contributed by atoms with Crippen LogP contribution in [0, 0.1) is 0 Å². The first-order chi connectivity index (χ1) is 8.81. The highest BCUT2D eigenvalue weighted by molar-refractivity contribution is 5.27. The molecule has 2 aromatic heterocycles. The predicted octanol–water partition coefficient (Wildman–Crippen LogP) is 1.74. The topological polar surface area (TPSA) is 68.1 Å². The number of ether oxygens (including phenoxy) is 1. The summed E-state index contributed by atoms with van der Waals surface area (Å²) in [5.74, 6) is 0.997. The molecular formula is C13H15N3O2. The van der Waals surface area contributed by atoms with Crippen molar-refractivity contribution < 1.29 is 9.84 Å². The number of nitrogens with zero attached hydrogens (tertiary/aromatic N) is 3. The fourth-order valence-electron chi connectivity index (χ4n) is 1.48. The zero-order valence-corrected chi connectivity index (χ0v) is 10.2. The fraction of sp³-hybridized carbons (Fsp3) is 0.308. The van der Waals surface area contributed by atoms with Gasteiger partial charge in [-0.2, -0.15) is 0 Å². The number of rotatable bonds is 5. The van der Waals surface area contributed by atoms with Gasteiger partial charge in [-0.15, -0.1) is 0 Å². The van der Waals surface area contributed by atoms with Crippen LogP contribution in [-0.4, -0.2) is 26.7 Å². The van der Waals surface area contributed by atoms with Crippen molar-refractivity contribution >= 4 is 0 Å². The Labute approximate surface area is 106 Å². The van der Waals surface area contributed by atoms with Crippen LogP contribution in [0.3, 0.4) is 0 Å². The maximum atomic E-state index is 10.1. The SMILES string of the molecule is CCCOc1cncc(C(O)c2ncccn2)c1. The third-order valence-corrected chi connectivity index (χ3v) is 2.35. The van der Waals surface area contributed by atoms with Crippen LogP contribution in [0.5, 0.6) is 5.75 Å². The number of pyridine rings is 1. The zero-order chi connectivity index (χ0) is 12.8. The maximum absolute atomic E-state index is 10.1. The molecule has 0 aliphatic carbocycles. The second kappa shape index (κ2) is 6.07. The molecule has 5 heteroatoms. The Bertz CT molecular complexity index is 491. The summed E-state index contributed by atoms with van der Waals surface area (Å²) >= 11 is 0. The smallest absolute Gasteiger partial charge is 0.161 e. The standard InChI is InChI=1S/C13H15N3O2/c1-2-6-18-11-7-10(8-14-9-11)12(17)13-15-4-3-5-16-13/h3-5,7-9,12,17H,2,6H2,1H3. The maximum Gasteiger partial charge on any atom is 0.161 e. The molecule has 2 heterocycles. The minimum Gasteiger partial charge on any atom is -0.492 e. The summed E-state index contributed by atoms with van der Waals surface area (Å²) in [4.78, 5) is 12.1. The third kappa shape index (κ3) is 3.01. The van der Waals surface area contributed by atoms with Gasteiger partial charge in [-0.1, -0.05) is 6.92 Å². The van der Waals surface area contributed by atoms with Gasteiger partial charge in [0.2, 0.25) is 0 Å². The minimum absolute atomic E-state index is 0.354. The Kier molecular flexibility index (Phi) is 4.20. The quantitative estimate of drug-likeness (QED) is 0.869. The van der Waals surface area contributed by atoms with Crippen LogP contribution >= 0.6 is 0 Å². The van der Waals surface area contributed by atoms with Gasteiger partial charge in [0.05, 0.1) is 12.8 Å². The van der Waals surface area contributed by atoms with Crippen molar-refractivity contribution in [2.24, 2.45) is 0 Å². The minimum atomic E-state index is -0.885. The summed E-state index contributed by atoms with van der Waals surface area (Å²) in [6.07, 6.45) is 6.43. The molecule has 1 unspecified atom stereocenters. The second-order valence-corrected chi connectivity index (χ2v) is 3.81. The van der Waals surface area contributed by atoms with E-state index in [1.165, 1.54) is 0 Å². The van der Waals surface area contributed by atoms with E-state index in [2.05, 4.69) is 15.0 Å². The molecule has 94 valence electrons. The van der Waals surface area contributed by atoms with Crippen molar-refractivity contribution in [3.63, 3.8) is 0 Å². The Hall–Kier alpha value is -2.01. The van der Waals surface area contributed by atoms with Gasteiger partial charge in [-0.3, -0.25) is 4.98 Å². The molecule has 0 amide bonds.